The molecule has 1 heterocycles. The molecule has 0 amide bonds. The predicted octanol–water partition coefficient (Wildman–Crippen LogP) is 2.32. The van der Waals surface area contributed by atoms with Crippen molar-refractivity contribution < 1.29 is 0 Å². The number of rotatable bonds is 6. The van der Waals surface area contributed by atoms with Crippen molar-refractivity contribution in [2.45, 2.75) is 19.4 Å². The summed E-state index contributed by atoms with van der Waals surface area (Å²) in [7, 11) is 4.24. The van der Waals surface area contributed by atoms with Gasteiger partial charge in [-0.3, -0.25) is 4.98 Å². The van der Waals surface area contributed by atoms with Crippen molar-refractivity contribution in [3.05, 3.63) is 42.1 Å². The fourth-order valence-electron chi connectivity index (χ4n) is 2.53. The molecule has 0 spiro atoms. The van der Waals surface area contributed by atoms with Gasteiger partial charge in [-0.1, -0.05) is 25.1 Å². The van der Waals surface area contributed by atoms with Crippen LogP contribution in [-0.4, -0.2) is 43.1 Å². The highest BCUT2D eigenvalue weighted by atomic mass is 15.1. The third-order valence-corrected chi connectivity index (χ3v) is 3.28. The Morgan fingerprint density at radius 1 is 1.21 bits per heavy atom. The van der Waals surface area contributed by atoms with Crippen LogP contribution < -0.4 is 5.32 Å². The maximum atomic E-state index is 4.43. The van der Waals surface area contributed by atoms with Gasteiger partial charge >= 0.3 is 0 Å². The van der Waals surface area contributed by atoms with Gasteiger partial charge in [0.15, 0.2) is 0 Å². The molecule has 0 aliphatic heterocycles. The lowest BCUT2D eigenvalue weighted by atomic mass is 10.0. The Morgan fingerprint density at radius 2 is 2.00 bits per heavy atom. The minimum absolute atomic E-state index is 0.478. The third kappa shape index (κ3) is 3.75. The van der Waals surface area contributed by atoms with Crippen molar-refractivity contribution >= 4 is 10.9 Å². The van der Waals surface area contributed by atoms with E-state index in [2.05, 4.69) is 60.5 Å². The van der Waals surface area contributed by atoms with Crippen LogP contribution in [-0.2, 0) is 6.42 Å². The van der Waals surface area contributed by atoms with Crippen LogP contribution in [0.5, 0.6) is 0 Å². The Balaban J connectivity index is 2.23. The minimum atomic E-state index is 0.478. The molecule has 0 bridgehead atoms. The van der Waals surface area contributed by atoms with E-state index in [1.165, 1.54) is 10.9 Å². The number of likely N-dealkylation sites (N-methyl/N-ethyl adjacent to an activating group) is 2. The highest BCUT2D eigenvalue weighted by Crippen LogP contribution is 2.17. The molecule has 0 saturated heterocycles. The summed E-state index contributed by atoms with van der Waals surface area (Å²) in [5, 5.41) is 4.84. The number of hydrogen-bond donors (Lipinski definition) is 1. The first kappa shape index (κ1) is 14.0. The fraction of sp³-hybridized carbons (Fsp3) is 0.438. The van der Waals surface area contributed by atoms with Crippen LogP contribution in [0.1, 0.15) is 12.5 Å². The maximum Gasteiger partial charge on any atom is 0.0704 e. The van der Waals surface area contributed by atoms with Gasteiger partial charge in [0.25, 0.3) is 0 Å². The number of nitrogens with one attached hydrogen (secondary N) is 1. The van der Waals surface area contributed by atoms with Gasteiger partial charge in [-0.15, -0.1) is 0 Å². The van der Waals surface area contributed by atoms with Gasteiger partial charge in [0, 0.05) is 24.2 Å². The van der Waals surface area contributed by atoms with Crippen molar-refractivity contribution in [3.8, 4) is 0 Å². The zero-order valence-corrected chi connectivity index (χ0v) is 12.1. The lowest BCUT2D eigenvalue weighted by Crippen LogP contribution is -2.39. The molecular weight excluding hydrogens is 234 g/mol. The summed E-state index contributed by atoms with van der Waals surface area (Å²) in [5.74, 6) is 0. The molecule has 0 aliphatic carbocycles. The van der Waals surface area contributed by atoms with Gasteiger partial charge in [-0.2, -0.15) is 0 Å². The molecule has 0 saturated carbocycles. The Morgan fingerprint density at radius 3 is 2.74 bits per heavy atom. The molecule has 0 aliphatic rings. The summed E-state index contributed by atoms with van der Waals surface area (Å²) >= 11 is 0. The van der Waals surface area contributed by atoms with E-state index in [9.17, 15) is 0 Å². The standard InChI is InChI=1S/C16H23N3/c1-4-17-14(12-19(2)3)11-13-9-10-18-16-8-6-5-7-15(13)16/h5-10,14,17H,4,11-12H2,1-3H3. The third-order valence-electron chi connectivity index (χ3n) is 3.28. The summed E-state index contributed by atoms with van der Waals surface area (Å²) < 4.78 is 0. The van der Waals surface area contributed by atoms with E-state index in [4.69, 9.17) is 0 Å². The Kier molecular flexibility index (Phi) is 4.88. The maximum absolute atomic E-state index is 4.43. The molecular formula is C16H23N3. The van der Waals surface area contributed by atoms with Gasteiger partial charge in [0.05, 0.1) is 5.52 Å². The average molecular weight is 257 g/mol. The zero-order chi connectivity index (χ0) is 13.7. The van der Waals surface area contributed by atoms with Crippen LogP contribution in [0.2, 0.25) is 0 Å². The molecule has 1 unspecified atom stereocenters. The van der Waals surface area contributed by atoms with E-state index in [1.807, 2.05) is 12.3 Å². The van der Waals surface area contributed by atoms with Gasteiger partial charge in [0.1, 0.15) is 0 Å². The monoisotopic (exact) mass is 257 g/mol. The second-order valence-corrected chi connectivity index (χ2v) is 5.21. The normalized spacial score (nSPS) is 13.1. The SMILES string of the molecule is CCNC(Cc1ccnc2ccccc12)CN(C)C. The molecule has 0 radical (unpaired) electrons. The largest absolute Gasteiger partial charge is 0.313 e. The van der Waals surface area contributed by atoms with Crippen LogP contribution in [0, 0.1) is 0 Å². The molecule has 1 aromatic carbocycles. The smallest absolute Gasteiger partial charge is 0.0704 e. The number of nitrogens with zero attached hydrogens (tertiary/aromatic N) is 2. The molecule has 3 heteroatoms. The summed E-state index contributed by atoms with van der Waals surface area (Å²) in [6, 6.07) is 11.0. The highest BCUT2D eigenvalue weighted by Gasteiger charge is 2.11. The second kappa shape index (κ2) is 6.64. The van der Waals surface area contributed by atoms with Gasteiger partial charge < -0.3 is 10.2 Å². The van der Waals surface area contributed by atoms with E-state index in [-0.39, 0.29) is 0 Å². The first-order valence-electron chi connectivity index (χ1n) is 6.91. The number of aromatic nitrogens is 1. The molecule has 1 N–H and O–H groups in total. The lowest BCUT2D eigenvalue weighted by molar-refractivity contribution is 0.339. The average Bonchev–Trinajstić information content (AvgIpc) is 2.39. The van der Waals surface area contributed by atoms with Crippen molar-refractivity contribution in [2.75, 3.05) is 27.2 Å². The number of para-hydroxylation sites is 1. The van der Waals surface area contributed by atoms with Crippen molar-refractivity contribution in [1.29, 1.82) is 0 Å². The van der Waals surface area contributed by atoms with Gasteiger partial charge in [-0.25, -0.2) is 0 Å². The molecule has 19 heavy (non-hydrogen) atoms. The number of pyridine rings is 1. The first-order chi connectivity index (χ1) is 9.20. The first-order valence-corrected chi connectivity index (χ1v) is 6.91. The van der Waals surface area contributed by atoms with E-state index in [0.29, 0.717) is 6.04 Å². The van der Waals surface area contributed by atoms with Gasteiger partial charge in [-0.05, 0) is 44.8 Å². The molecule has 2 rings (SSSR count). The molecule has 3 nitrogen and oxygen atoms in total. The van der Waals surface area contributed by atoms with Crippen LogP contribution >= 0.6 is 0 Å². The Hall–Kier alpha value is -1.45. The quantitative estimate of drug-likeness (QED) is 0.861. The Labute approximate surface area is 115 Å². The molecule has 1 aromatic heterocycles. The molecule has 0 fully saturated rings. The summed E-state index contributed by atoms with van der Waals surface area (Å²) in [6.45, 7) is 4.21. The van der Waals surface area contributed by atoms with Crippen LogP contribution in [0.3, 0.4) is 0 Å². The van der Waals surface area contributed by atoms with Gasteiger partial charge in [0.2, 0.25) is 0 Å². The fourth-order valence-corrected chi connectivity index (χ4v) is 2.53. The number of fused-ring (bicyclic) bond motifs is 1. The van der Waals surface area contributed by atoms with Crippen molar-refractivity contribution in [3.63, 3.8) is 0 Å². The Bertz CT molecular complexity index is 517. The zero-order valence-electron chi connectivity index (χ0n) is 12.1. The van der Waals surface area contributed by atoms with E-state index in [0.717, 1.165) is 25.0 Å². The highest BCUT2D eigenvalue weighted by molar-refractivity contribution is 5.81. The van der Waals surface area contributed by atoms with E-state index in [1.54, 1.807) is 0 Å². The van der Waals surface area contributed by atoms with Crippen LogP contribution in [0.4, 0.5) is 0 Å². The summed E-state index contributed by atoms with van der Waals surface area (Å²) in [4.78, 5) is 6.66. The second-order valence-electron chi connectivity index (χ2n) is 5.21. The summed E-state index contributed by atoms with van der Waals surface area (Å²) in [6.07, 6.45) is 2.95. The van der Waals surface area contributed by atoms with Crippen LogP contribution in [0.25, 0.3) is 10.9 Å². The van der Waals surface area contributed by atoms with E-state index < -0.39 is 0 Å². The minimum Gasteiger partial charge on any atom is -0.313 e. The summed E-state index contributed by atoms with van der Waals surface area (Å²) in [5.41, 5.74) is 2.46. The number of hydrogen-bond acceptors (Lipinski definition) is 3. The predicted molar refractivity (Wildman–Crippen MR) is 81.5 cm³/mol. The van der Waals surface area contributed by atoms with Crippen LogP contribution in [0.15, 0.2) is 36.5 Å². The topological polar surface area (TPSA) is 28.2 Å². The molecule has 1 atom stereocenters. The van der Waals surface area contributed by atoms with Crippen molar-refractivity contribution in [2.24, 2.45) is 0 Å². The molecule has 2 aromatic rings. The van der Waals surface area contributed by atoms with E-state index >= 15 is 0 Å². The lowest BCUT2D eigenvalue weighted by Gasteiger charge is -2.22. The van der Waals surface area contributed by atoms with Crippen molar-refractivity contribution in [1.82, 2.24) is 15.2 Å². The number of benzene rings is 1. The molecule has 102 valence electrons.